The Hall–Kier alpha value is -3.18. The molecule has 4 rings (SSSR count). The number of hydrogen-bond acceptors (Lipinski definition) is 4. The molecule has 0 saturated heterocycles. The van der Waals surface area contributed by atoms with Gasteiger partial charge in [0.05, 0.1) is 19.9 Å². The summed E-state index contributed by atoms with van der Waals surface area (Å²) in [6.07, 6.45) is 0. The average molecular weight is 447 g/mol. The molecule has 144 valence electrons. The highest BCUT2D eigenvalue weighted by Crippen LogP contribution is 2.34. The van der Waals surface area contributed by atoms with Crippen LogP contribution in [0.5, 0.6) is 11.5 Å². The minimum absolute atomic E-state index is 0.807. The molecule has 4 aromatic rings. The van der Waals surface area contributed by atoms with Crippen molar-refractivity contribution in [3.8, 4) is 45.1 Å². The fourth-order valence-electron chi connectivity index (χ4n) is 3.11. The number of rotatable bonds is 5. The van der Waals surface area contributed by atoms with E-state index < -0.39 is 0 Å². The van der Waals surface area contributed by atoms with E-state index in [1.807, 2.05) is 60.7 Å². The molecular weight excluding hydrogens is 428 g/mol. The molecule has 0 saturated carbocycles. The Morgan fingerprint density at radius 2 is 1.14 bits per heavy atom. The second-order valence-electron chi connectivity index (χ2n) is 6.46. The molecule has 5 heteroatoms. The summed E-state index contributed by atoms with van der Waals surface area (Å²) in [6, 6.07) is 26.0. The quantitative estimate of drug-likeness (QED) is 0.362. The Bertz CT molecular complexity index is 1110. The van der Waals surface area contributed by atoms with Crippen molar-refractivity contribution < 1.29 is 9.47 Å². The smallest absolute Gasteiger partial charge is 0.118 e. The first-order chi connectivity index (χ1) is 14.2. The van der Waals surface area contributed by atoms with Crippen LogP contribution in [0.25, 0.3) is 33.6 Å². The zero-order valence-electron chi connectivity index (χ0n) is 16.1. The predicted molar refractivity (Wildman–Crippen MR) is 119 cm³/mol. The summed E-state index contributed by atoms with van der Waals surface area (Å²) in [7, 11) is 3.32. The van der Waals surface area contributed by atoms with Gasteiger partial charge in [-0.05, 0) is 72.3 Å². The van der Waals surface area contributed by atoms with Gasteiger partial charge >= 0.3 is 0 Å². The molecular formula is C24H19BrN2O2. The molecule has 0 aliphatic carbocycles. The monoisotopic (exact) mass is 446 g/mol. The normalized spacial score (nSPS) is 10.6. The van der Waals surface area contributed by atoms with E-state index in [2.05, 4.69) is 44.3 Å². The van der Waals surface area contributed by atoms with Gasteiger partial charge in [0.25, 0.3) is 0 Å². The Balaban J connectivity index is 1.84. The van der Waals surface area contributed by atoms with Gasteiger partial charge in [0.15, 0.2) is 0 Å². The lowest BCUT2D eigenvalue weighted by Gasteiger charge is -2.12. The molecule has 0 radical (unpaired) electrons. The lowest BCUT2D eigenvalue weighted by atomic mass is 9.98. The SMILES string of the molecule is COc1ccc(-c2cc(-c3ccc(Br)cc3)c(-c3ccc(OC)cc3)nn2)cc1. The van der Waals surface area contributed by atoms with Crippen LogP contribution in [0, 0.1) is 0 Å². The van der Waals surface area contributed by atoms with Crippen LogP contribution in [0.4, 0.5) is 0 Å². The minimum Gasteiger partial charge on any atom is -0.497 e. The standard InChI is InChI=1S/C24H19BrN2O2/c1-28-20-11-5-17(6-12-20)23-15-22(16-3-9-19(25)10-4-16)24(27-26-23)18-7-13-21(29-2)14-8-18/h3-15H,1-2H3. The highest BCUT2D eigenvalue weighted by atomic mass is 79.9. The number of benzene rings is 3. The van der Waals surface area contributed by atoms with Crippen molar-refractivity contribution in [1.29, 1.82) is 0 Å². The summed E-state index contributed by atoms with van der Waals surface area (Å²) in [5.74, 6) is 1.62. The van der Waals surface area contributed by atoms with E-state index in [0.717, 1.165) is 49.6 Å². The lowest BCUT2D eigenvalue weighted by Crippen LogP contribution is -1.96. The molecule has 1 aromatic heterocycles. The van der Waals surface area contributed by atoms with Crippen LogP contribution in [0.1, 0.15) is 0 Å². The molecule has 29 heavy (non-hydrogen) atoms. The Morgan fingerprint density at radius 3 is 1.69 bits per heavy atom. The Labute approximate surface area is 178 Å². The third-order valence-electron chi connectivity index (χ3n) is 4.70. The van der Waals surface area contributed by atoms with E-state index >= 15 is 0 Å². The van der Waals surface area contributed by atoms with Gasteiger partial charge < -0.3 is 9.47 Å². The van der Waals surface area contributed by atoms with Crippen molar-refractivity contribution in [3.63, 3.8) is 0 Å². The summed E-state index contributed by atoms with van der Waals surface area (Å²) in [5, 5.41) is 9.08. The number of ether oxygens (including phenoxy) is 2. The van der Waals surface area contributed by atoms with E-state index in [4.69, 9.17) is 9.47 Å². The summed E-state index contributed by atoms with van der Waals surface area (Å²) in [4.78, 5) is 0. The second kappa shape index (κ2) is 8.45. The van der Waals surface area contributed by atoms with E-state index in [-0.39, 0.29) is 0 Å². The van der Waals surface area contributed by atoms with Crippen LogP contribution in [0.3, 0.4) is 0 Å². The van der Waals surface area contributed by atoms with Crippen LogP contribution in [0.15, 0.2) is 83.3 Å². The lowest BCUT2D eigenvalue weighted by molar-refractivity contribution is 0.414. The molecule has 0 spiro atoms. The van der Waals surface area contributed by atoms with Crippen LogP contribution in [-0.2, 0) is 0 Å². The zero-order chi connectivity index (χ0) is 20.2. The topological polar surface area (TPSA) is 44.2 Å². The van der Waals surface area contributed by atoms with E-state index in [0.29, 0.717) is 0 Å². The van der Waals surface area contributed by atoms with E-state index in [1.165, 1.54) is 0 Å². The third-order valence-corrected chi connectivity index (χ3v) is 5.23. The van der Waals surface area contributed by atoms with Crippen molar-refractivity contribution in [2.24, 2.45) is 0 Å². The number of halogens is 1. The van der Waals surface area contributed by atoms with Gasteiger partial charge in [0.1, 0.15) is 17.2 Å². The molecule has 0 fully saturated rings. The van der Waals surface area contributed by atoms with Gasteiger partial charge in [0.2, 0.25) is 0 Å². The van der Waals surface area contributed by atoms with Crippen LogP contribution in [-0.4, -0.2) is 24.4 Å². The van der Waals surface area contributed by atoms with Gasteiger partial charge in [-0.3, -0.25) is 0 Å². The van der Waals surface area contributed by atoms with Crippen LogP contribution < -0.4 is 9.47 Å². The van der Waals surface area contributed by atoms with Crippen LogP contribution >= 0.6 is 15.9 Å². The fourth-order valence-corrected chi connectivity index (χ4v) is 3.37. The first kappa shape index (κ1) is 19.2. The Kier molecular flexibility index (Phi) is 5.58. The average Bonchev–Trinajstić information content (AvgIpc) is 2.79. The van der Waals surface area contributed by atoms with Crippen molar-refractivity contribution >= 4 is 15.9 Å². The predicted octanol–water partition coefficient (Wildman–Crippen LogP) is 6.26. The van der Waals surface area contributed by atoms with Gasteiger partial charge in [-0.15, -0.1) is 10.2 Å². The highest BCUT2D eigenvalue weighted by molar-refractivity contribution is 9.10. The summed E-state index contributed by atoms with van der Waals surface area (Å²) in [5.41, 5.74) is 5.69. The van der Waals surface area contributed by atoms with Gasteiger partial charge in [-0.25, -0.2) is 0 Å². The molecule has 0 aliphatic rings. The zero-order valence-corrected chi connectivity index (χ0v) is 17.7. The molecule has 0 aliphatic heterocycles. The maximum atomic E-state index is 5.28. The first-order valence-electron chi connectivity index (χ1n) is 9.10. The number of aromatic nitrogens is 2. The number of nitrogens with zero attached hydrogens (tertiary/aromatic N) is 2. The molecule has 0 unspecified atom stereocenters. The largest absolute Gasteiger partial charge is 0.497 e. The molecule has 0 N–H and O–H groups in total. The molecule has 3 aromatic carbocycles. The van der Waals surface area contributed by atoms with Gasteiger partial charge in [0, 0.05) is 21.2 Å². The maximum Gasteiger partial charge on any atom is 0.118 e. The maximum absolute atomic E-state index is 5.28. The molecule has 0 atom stereocenters. The van der Waals surface area contributed by atoms with Crippen LogP contribution in [0.2, 0.25) is 0 Å². The molecule has 4 nitrogen and oxygen atoms in total. The minimum atomic E-state index is 0.807. The van der Waals surface area contributed by atoms with Crippen molar-refractivity contribution in [2.75, 3.05) is 14.2 Å². The third kappa shape index (κ3) is 4.15. The molecule has 0 bridgehead atoms. The van der Waals surface area contributed by atoms with Gasteiger partial charge in [-0.2, -0.15) is 0 Å². The summed E-state index contributed by atoms with van der Waals surface area (Å²) < 4.78 is 11.6. The Morgan fingerprint density at radius 1 is 0.621 bits per heavy atom. The van der Waals surface area contributed by atoms with E-state index in [9.17, 15) is 0 Å². The van der Waals surface area contributed by atoms with Crippen molar-refractivity contribution in [1.82, 2.24) is 10.2 Å². The summed E-state index contributed by atoms with van der Waals surface area (Å²) >= 11 is 3.51. The van der Waals surface area contributed by atoms with E-state index in [1.54, 1.807) is 14.2 Å². The van der Waals surface area contributed by atoms with Gasteiger partial charge in [-0.1, -0.05) is 28.1 Å². The molecule has 0 amide bonds. The number of methoxy groups -OCH3 is 2. The molecule has 1 heterocycles. The highest BCUT2D eigenvalue weighted by Gasteiger charge is 2.13. The summed E-state index contributed by atoms with van der Waals surface area (Å²) in [6.45, 7) is 0. The second-order valence-corrected chi connectivity index (χ2v) is 7.37. The number of hydrogen-bond donors (Lipinski definition) is 0. The van der Waals surface area contributed by atoms with Crippen molar-refractivity contribution in [2.45, 2.75) is 0 Å². The fraction of sp³-hybridized carbons (Fsp3) is 0.0833. The van der Waals surface area contributed by atoms with Crippen molar-refractivity contribution in [3.05, 3.63) is 83.3 Å². The first-order valence-corrected chi connectivity index (χ1v) is 9.90.